The molecule has 0 saturated heterocycles. The van der Waals surface area contributed by atoms with Crippen molar-refractivity contribution >= 4 is 34.9 Å². The van der Waals surface area contributed by atoms with Crippen molar-refractivity contribution in [2.45, 2.75) is 40.3 Å². The van der Waals surface area contributed by atoms with Crippen LogP contribution >= 0.6 is 11.6 Å². The maximum Gasteiger partial charge on any atom is 0.336 e. The van der Waals surface area contributed by atoms with E-state index in [1.54, 1.807) is 12.1 Å². The Kier molecular flexibility index (Phi) is 9.08. The van der Waals surface area contributed by atoms with Crippen LogP contribution in [0.5, 0.6) is 5.75 Å². The SMILES string of the molecule is CNC(=O)N(Cc1ccc(/N=C(\C)c2ccccc2)c(C)c1)NC(=O)c1ccc(OC(C)C)c(Cl)c1. The smallest absolute Gasteiger partial charge is 0.336 e. The number of rotatable bonds is 7. The molecule has 0 saturated carbocycles. The summed E-state index contributed by atoms with van der Waals surface area (Å²) in [4.78, 5) is 30.1. The summed E-state index contributed by atoms with van der Waals surface area (Å²) in [5.74, 6) is 0.0279. The van der Waals surface area contributed by atoms with Crippen LogP contribution in [0.1, 0.15) is 47.8 Å². The van der Waals surface area contributed by atoms with Crippen molar-refractivity contribution in [2.24, 2.45) is 4.99 Å². The highest BCUT2D eigenvalue weighted by molar-refractivity contribution is 6.32. The van der Waals surface area contributed by atoms with Crippen molar-refractivity contribution in [3.63, 3.8) is 0 Å². The molecule has 0 atom stereocenters. The molecule has 0 aromatic heterocycles. The number of aliphatic imine (C=N–C) groups is 1. The third kappa shape index (κ3) is 7.09. The maximum absolute atomic E-state index is 12.9. The van der Waals surface area contributed by atoms with Gasteiger partial charge < -0.3 is 10.1 Å². The lowest BCUT2D eigenvalue weighted by Gasteiger charge is -2.23. The third-order valence-electron chi connectivity index (χ3n) is 5.33. The van der Waals surface area contributed by atoms with Crippen molar-refractivity contribution in [1.29, 1.82) is 0 Å². The lowest BCUT2D eigenvalue weighted by Crippen LogP contribution is -2.49. The molecule has 0 fully saturated rings. The van der Waals surface area contributed by atoms with Crippen LogP contribution in [-0.4, -0.2) is 35.8 Å². The van der Waals surface area contributed by atoms with Crippen LogP contribution in [0.15, 0.2) is 71.7 Å². The van der Waals surface area contributed by atoms with E-state index in [9.17, 15) is 9.59 Å². The van der Waals surface area contributed by atoms with E-state index < -0.39 is 11.9 Å². The fraction of sp³-hybridized carbons (Fsp3) is 0.250. The number of halogens is 1. The monoisotopic (exact) mass is 506 g/mol. The Bertz CT molecular complexity index is 1260. The number of carbonyl (C=O) groups excluding carboxylic acids is 2. The predicted molar refractivity (Wildman–Crippen MR) is 144 cm³/mol. The fourth-order valence-corrected chi connectivity index (χ4v) is 3.75. The summed E-state index contributed by atoms with van der Waals surface area (Å²) in [5.41, 5.74) is 7.57. The van der Waals surface area contributed by atoms with Crippen LogP contribution in [0.4, 0.5) is 10.5 Å². The Morgan fingerprint density at radius 2 is 1.75 bits per heavy atom. The molecule has 0 spiro atoms. The van der Waals surface area contributed by atoms with Crippen molar-refractivity contribution in [1.82, 2.24) is 15.8 Å². The number of aryl methyl sites for hydroxylation is 1. The number of ether oxygens (including phenoxy) is 1. The first-order valence-corrected chi connectivity index (χ1v) is 12.0. The number of urea groups is 1. The van der Waals surface area contributed by atoms with E-state index in [4.69, 9.17) is 21.3 Å². The summed E-state index contributed by atoms with van der Waals surface area (Å²) in [6.07, 6.45) is -0.0475. The summed E-state index contributed by atoms with van der Waals surface area (Å²) < 4.78 is 5.62. The first kappa shape index (κ1) is 26.8. The molecule has 0 bridgehead atoms. The average molecular weight is 507 g/mol. The zero-order valence-electron chi connectivity index (χ0n) is 21.1. The lowest BCUT2D eigenvalue weighted by atomic mass is 10.1. The minimum atomic E-state index is -0.465. The van der Waals surface area contributed by atoms with Crippen molar-refractivity contribution in [3.05, 3.63) is 94.0 Å². The quantitative estimate of drug-likeness (QED) is 0.301. The number of carbonyl (C=O) groups is 2. The predicted octanol–water partition coefficient (Wildman–Crippen LogP) is 6.06. The second kappa shape index (κ2) is 12.2. The molecular weight excluding hydrogens is 476 g/mol. The molecule has 8 heteroatoms. The molecule has 0 unspecified atom stereocenters. The van der Waals surface area contributed by atoms with Crippen molar-refractivity contribution in [3.8, 4) is 5.75 Å². The van der Waals surface area contributed by atoms with Gasteiger partial charge in [-0.25, -0.2) is 9.80 Å². The van der Waals surface area contributed by atoms with E-state index in [1.165, 1.54) is 18.1 Å². The molecule has 0 aliphatic carbocycles. The third-order valence-corrected chi connectivity index (χ3v) is 5.63. The topological polar surface area (TPSA) is 83.0 Å². The largest absolute Gasteiger partial charge is 0.489 e. The van der Waals surface area contributed by atoms with Crippen LogP contribution in [0.2, 0.25) is 5.02 Å². The van der Waals surface area contributed by atoms with E-state index in [0.717, 1.165) is 28.1 Å². The zero-order chi connectivity index (χ0) is 26.2. The standard InChI is InChI=1S/C28H31ClN4O3/c1-18(2)36-26-14-12-23(16-24(26)29)27(34)32-33(28(35)30-5)17-21-11-13-25(19(3)15-21)31-20(4)22-9-7-6-8-10-22/h6-16,18H,17H2,1-5H3,(H,30,35)(H,32,34)/b31-20+. The Balaban J connectivity index is 1.76. The first-order valence-electron chi connectivity index (χ1n) is 11.6. The molecule has 3 amide bonds. The second-order valence-electron chi connectivity index (χ2n) is 8.58. The van der Waals surface area contributed by atoms with E-state index in [2.05, 4.69) is 10.7 Å². The number of benzene rings is 3. The molecule has 0 aliphatic heterocycles. The van der Waals surface area contributed by atoms with Gasteiger partial charge in [-0.3, -0.25) is 15.2 Å². The summed E-state index contributed by atoms with van der Waals surface area (Å²) in [7, 11) is 1.51. The van der Waals surface area contributed by atoms with Gasteiger partial charge in [-0.05, 0) is 68.7 Å². The van der Waals surface area contributed by atoms with Gasteiger partial charge in [0.25, 0.3) is 5.91 Å². The number of nitrogens with zero attached hydrogens (tertiary/aromatic N) is 2. The summed E-state index contributed by atoms with van der Waals surface area (Å²) in [6.45, 7) is 7.88. The highest BCUT2D eigenvalue weighted by atomic mass is 35.5. The van der Waals surface area contributed by atoms with Crippen molar-refractivity contribution in [2.75, 3.05) is 7.05 Å². The molecule has 0 heterocycles. The van der Waals surface area contributed by atoms with Crippen LogP contribution in [0.3, 0.4) is 0 Å². The molecule has 2 N–H and O–H groups in total. The number of hydrogen-bond acceptors (Lipinski definition) is 4. The minimum Gasteiger partial charge on any atom is -0.489 e. The Morgan fingerprint density at radius 3 is 2.36 bits per heavy atom. The molecule has 0 radical (unpaired) electrons. The summed E-state index contributed by atoms with van der Waals surface area (Å²) >= 11 is 6.27. The summed E-state index contributed by atoms with van der Waals surface area (Å²) in [5, 5.41) is 4.10. The average Bonchev–Trinajstić information content (AvgIpc) is 2.86. The van der Waals surface area contributed by atoms with Crippen LogP contribution in [0, 0.1) is 6.92 Å². The van der Waals surface area contributed by atoms with Gasteiger partial charge in [0.15, 0.2) is 0 Å². The van der Waals surface area contributed by atoms with Gasteiger partial charge in [-0.15, -0.1) is 0 Å². The van der Waals surface area contributed by atoms with Gasteiger partial charge in [0.1, 0.15) is 5.75 Å². The maximum atomic E-state index is 12.9. The van der Waals surface area contributed by atoms with Gasteiger partial charge in [-0.2, -0.15) is 0 Å². The molecule has 0 aliphatic rings. The van der Waals surface area contributed by atoms with E-state index >= 15 is 0 Å². The van der Waals surface area contributed by atoms with Crippen molar-refractivity contribution < 1.29 is 14.3 Å². The molecule has 3 aromatic carbocycles. The highest BCUT2D eigenvalue weighted by Crippen LogP contribution is 2.27. The van der Waals surface area contributed by atoms with Crippen LogP contribution in [-0.2, 0) is 6.54 Å². The van der Waals surface area contributed by atoms with Crippen LogP contribution in [0.25, 0.3) is 0 Å². The highest BCUT2D eigenvalue weighted by Gasteiger charge is 2.18. The molecule has 3 aromatic rings. The molecule has 188 valence electrons. The first-order chi connectivity index (χ1) is 17.2. The lowest BCUT2D eigenvalue weighted by molar-refractivity contribution is 0.0819. The zero-order valence-corrected chi connectivity index (χ0v) is 21.9. The molecule has 36 heavy (non-hydrogen) atoms. The van der Waals surface area contributed by atoms with Gasteiger partial charge in [-0.1, -0.05) is 54.1 Å². The van der Waals surface area contributed by atoms with E-state index in [0.29, 0.717) is 16.3 Å². The number of nitrogens with one attached hydrogen (secondary N) is 2. The molecule has 7 nitrogen and oxygen atoms in total. The van der Waals surface area contributed by atoms with E-state index in [-0.39, 0.29) is 12.6 Å². The van der Waals surface area contributed by atoms with Crippen LogP contribution < -0.4 is 15.5 Å². The molecule has 3 rings (SSSR count). The van der Waals surface area contributed by atoms with E-state index in [1.807, 2.05) is 76.2 Å². The number of hydrogen-bond donors (Lipinski definition) is 2. The molecular formula is C28H31ClN4O3. The number of hydrazine groups is 1. The normalized spacial score (nSPS) is 11.2. The minimum absolute atomic E-state index is 0.0475. The Morgan fingerprint density at radius 1 is 1.03 bits per heavy atom. The summed E-state index contributed by atoms with van der Waals surface area (Å²) in [6, 6.07) is 20.0. The fourth-order valence-electron chi connectivity index (χ4n) is 3.52. The number of amides is 3. The van der Waals surface area contributed by atoms with Gasteiger partial charge in [0, 0.05) is 18.3 Å². The Labute approximate surface area is 217 Å². The second-order valence-corrected chi connectivity index (χ2v) is 8.99. The van der Waals surface area contributed by atoms with Gasteiger partial charge in [0.05, 0.1) is 23.4 Å². The van der Waals surface area contributed by atoms with Gasteiger partial charge >= 0.3 is 6.03 Å². The Hall–Kier alpha value is -3.84. The van der Waals surface area contributed by atoms with Gasteiger partial charge in [0.2, 0.25) is 0 Å².